The summed E-state index contributed by atoms with van der Waals surface area (Å²) in [7, 11) is 0. The number of carbonyl (C=O) groups excluding carboxylic acids is 1. The van der Waals surface area contributed by atoms with Crippen molar-refractivity contribution in [1.82, 2.24) is 0 Å². The van der Waals surface area contributed by atoms with Crippen LogP contribution in [-0.4, -0.2) is 25.3 Å². The second-order valence-corrected chi connectivity index (χ2v) is 4.70. The van der Waals surface area contributed by atoms with Gasteiger partial charge in [0.2, 0.25) is 0 Å². The summed E-state index contributed by atoms with van der Waals surface area (Å²) in [4.78, 5) is 11.3. The Hall–Kier alpha value is -0.830. The summed E-state index contributed by atoms with van der Waals surface area (Å²) in [6, 6.07) is 0. The summed E-state index contributed by atoms with van der Waals surface area (Å²) < 4.78 is 10.6. The molecule has 3 heteroatoms. The predicted molar refractivity (Wildman–Crippen MR) is 67.8 cm³/mol. The van der Waals surface area contributed by atoms with Crippen molar-refractivity contribution in [1.29, 1.82) is 0 Å². The molecule has 3 nitrogen and oxygen atoms in total. The summed E-state index contributed by atoms with van der Waals surface area (Å²) in [6.45, 7) is 8.41. The molecular weight excluding hydrogens is 216 g/mol. The first-order chi connectivity index (χ1) is 8.17. The quantitative estimate of drug-likeness (QED) is 0.528. The van der Waals surface area contributed by atoms with Crippen LogP contribution in [0.3, 0.4) is 0 Å². The molecule has 0 heterocycles. The first kappa shape index (κ1) is 14.2. The van der Waals surface area contributed by atoms with Crippen LogP contribution < -0.4 is 0 Å². The molecule has 0 aromatic heterocycles. The van der Waals surface area contributed by atoms with E-state index in [0.717, 1.165) is 18.8 Å². The van der Waals surface area contributed by atoms with E-state index in [1.54, 1.807) is 6.92 Å². The molecule has 98 valence electrons. The SMILES string of the molecule is C=C(COC1CCCC(CC)C1)C(=O)OCC. The lowest BCUT2D eigenvalue weighted by molar-refractivity contribution is -0.139. The van der Waals surface area contributed by atoms with E-state index in [4.69, 9.17) is 9.47 Å². The minimum atomic E-state index is -0.338. The Morgan fingerprint density at radius 2 is 2.12 bits per heavy atom. The number of hydrogen-bond donors (Lipinski definition) is 0. The van der Waals surface area contributed by atoms with Gasteiger partial charge in [-0.15, -0.1) is 0 Å². The van der Waals surface area contributed by atoms with Crippen LogP contribution in [0.1, 0.15) is 46.0 Å². The van der Waals surface area contributed by atoms with Gasteiger partial charge in [0.05, 0.1) is 24.9 Å². The molecule has 0 spiro atoms. The second-order valence-electron chi connectivity index (χ2n) is 4.70. The maximum atomic E-state index is 11.3. The summed E-state index contributed by atoms with van der Waals surface area (Å²) in [5.41, 5.74) is 0.422. The van der Waals surface area contributed by atoms with Crippen molar-refractivity contribution in [3.05, 3.63) is 12.2 Å². The summed E-state index contributed by atoms with van der Waals surface area (Å²) in [6.07, 6.45) is 6.28. The fraction of sp³-hybridized carbons (Fsp3) is 0.786. The van der Waals surface area contributed by atoms with E-state index in [1.165, 1.54) is 19.3 Å². The van der Waals surface area contributed by atoms with E-state index in [0.29, 0.717) is 24.9 Å². The molecular formula is C14H24O3. The van der Waals surface area contributed by atoms with Crippen LogP contribution in [0.4, 0.5) is 0 Å². The molecule has 0 N–H and O–H groups in total. The minimum Gasteiger partial charge on any atom is -0.463 e. The first-order valence-corrected chi connectivity index (χ1v) is 6.63. The van der Waals surface area contributed by atoms with Crippen LogP contribution >= 0.6 is 0 Å². The Morgan fingerprint density at radius 3 is 2.76 bits per heavy atom. The summed E-state index contributed by atoms with van der Waals surface area (Å²) >= 11 is 0. The second kappa shape index (κ2) is 7.49. The van der Waals surface area contributed by atoms with Crippen molar-refractivity contribution in [3.63, 3.8) is 0 Å². The Kier molecular flexibility index (Phi) is 6.27. The zero-order valence-corrected chi connectivity index (χ0v) is 11.0. The van der Waals surface area contributed by atoms with E-state index < -0.39 is 0 Å². The van der Waals surface area contributed by atoms with Crippen molar-refractivity contribution in [2.45, 2.75) is 52.1 Å². The van der Waals surface area contributed by atoms with Crippen molar-refractivity contribution in [2.75, 3.05) is 13.2 Å². The maximum Gasteiger partial charge on any atom is 0.335 e. The van der Waals surface area contributed by atoms with Crippen LogP contribution in [0.2, 0.25) is 0 Å². The van der Waals surface area contributed by atoms with Crippen LogP contribution in [-0.2, 0) is 14.3 Å². The topological polar surface area (TPSA) is 35.5 Å². The lowest BCUT2D eigenvalue weighted by Crippen LogP contribution is -2.24. The Balaban J connectivity index is 2.25. The molecule has 0 radical (unpaired) electrons. The molecule has 0 saturated heterocycles. The third kappa shape index (κ3) is 4.90. The average Bonchev–Trinajstić information content (AvgIpc) is 2.36. The highest BCUT2D eigenvalue weighted by molar-refractivity contribution is 5.87. The molecule has 0 aliphatic heterocycles. The minimum absolute atomic E-state index is 0.292. The fourth-order valence-electron chi connectivity index (χ4n) is 2.27. The molecule has 1 rings (SSSR count). The molecule has 1 fully saturated rings. The number of esters is 1. The lowest BCUT2D eigenvalue weighted by Gasteiger charge is -2.28. The molecule has 0 aromatic rings. The van der Waals surface area contributed by atoms with E-state index >= 15 is 0 Å². The van der Waals surface area contributed by atoms with Gasteiger partial charge in [-0.05, 0) is 25.7 Å². The largest absolute Gasteiger partial charge is 0.463 e. The highest BCUT2D eigenvalue weighted by atomic mass is 16.5. The number of rotatable bonds is 6. The third-order valence-electron chi connectivity index (χ3n) is 3.37. The molecule has 0 amide bonds. The van der Waals surface area contributed by atoms with Crippen LogP contribution in [0.15, 0.2) is 12.2 Å². The first-order valence-electron chi connectivity index (χ1n) is 6.63. The van der Waals surface area contributed by atoms with Gasteiger partial charge < -0.3 is 9.47 Å². The number of ether oxygens (including phenoxy) is 2. The zero-order chi connectivity index (χ0) is 12.7. The van der Waals surface area contributed by atoms with Crippen molar-refractivity contribution in [3.8, 4) is 0 Å². The average molecular weight is 240 g/mol. The normalized spacial score (nSPS) is 24.4. The van der Waals surface area contributed by atoms with E-state index in [-0.39, 0.29) is 5.97 Å². The molecule has 1 aliphatic rings. The van der Waals surface area contributed by atoms with Crippen LogP contribution in [0.5, 0.6) is 0 Å². The van der Waals surface area contributed by atoms with Gasteiger partial charge >= 0.3 is 5.97 Å². The molecule has 1 saturated carbocycles. The smallest absolute Gasteiger partial charge is 0.335 e. The van der Waals surface area contributed by atoms with Crippen LogP contribution in [0.25, 0.3) is 0 Å². The van der Waals surface area contributed by atoms with Gasteiger partial charge in [-0.1, -0.05) is 32.8 Å². The lowest BCUT2D eigenvalue weighted by atomic mass is 9.85. The fourth-order valence-corrected chi connectivity index (χ4v) is 2.27. The number of carbonyl (C=O) groups is 1. The number of hydrogen-bond acceptors (Lipinski definition) is 3. The standard InChI is InChI=1S/C14H24O3/c1-4-12-7-6-8-13(9-12)17-10-11(3)14(15)16-5-2/h12-13H,3-10H2,1-2H3. The Morgan fingerprint density at radius 1 is 1.35 bits per heavy atom. The van der Waals surface area contributed by atoms with Gasteiger partial charge in [-0.2, -0.15) is 0 Å². The summed E-state index contributed by atoms with van der Waals surface area (Å²) in [5, 5.41) is 0. The van der Waals surface area contributed by atoms with Gasteiger partial charge in [0.1, 0.15) is 0 Å². The summed E-state index contributed by atoms with van der Waals surface area (Å²) in [5.74, 6) is 0.444. The predicted octanol–water partition coefficient (Wildman–Crippen LogP) is 3.09. The highest BCUT2D eigenvalue weighted by Crippen LogP contribution is 2.28. The van der Waals surface area contributed by atoms with Gasteiger partial charge in [-0.3, -0.25) is 0 Å². The molecule has 1 aliphatic carbocycles. The van der Waals surface area contributed by atoms with Crippen molar-refractivity contribution in [2.24, 2.45) is 5.92 Å². The zero-order valence-electron chi connectivity index (χ0n) is 11.0. The molecule has 2 atom stereocenters. The molecule has 0 bridgehead atoms. The Bertz CT molecular complexity index is 260. The van der Waals surface area contributed by atoms with Gasteiger partial charge in [0.15, 0.2) is 0 Å². The van der Waals surface area contributed by atoms with Crippen LogP contribution in [0, 0.1) is 5.92 Å². The van der Waals surface area contributed by atoms with E-state index in [1.807, 2.05) is 0 Å². The van der Waals surface area contributed by atoms with Gasteiger partial charge in [0, 0.05) is 0 Å². The van der Waals surface area contributed by atoms with Gasteiger partial charge in [-0.25, -0.2) is 4.79 Å². The third-order valence-corrected chi connectivity index (χ3v) is 3.37. The molecule has 17 heavy (non-hydrogen) atoms. The maximum absolute atomic E-state index is 11.3. The van der Waals surface area contributed by atoms with E-state index in [9.17, 15) is 4.79 Å². The molecule has 2 unspecified atom stereocenters. The van der Waals surface area contributed by atoms with E-state index in [2.05, 4.69) is 13.5 Å². The van der Waals surface area contributed by atoms with Crippen molar-refractivity contribution >= 4 is 5.97 Å². The Labute approximate surface area is 104 Å². The van der Waals surface area contributed by atoms with Crippen molar-refractivity contribution < 1.29 is 14.3 Å². The molecule has 0 aromatic carbocycles. The van der Waals surface area contributed by atoms with Gasteiger partial charge in [0.25, 0.3) is 0 Å². The monoisotopic (exact) mass is 240 g/mol. The highest BCUT2D eigenvalue weighted by Gasteiger charge is 2.22.